The fourth-order valence-corrected chi connectivity index (χ4v) is 6.16. The Morgan fingerprint density at radius 1 is 1.03 bits per heavy atom. The van der Waals surface area contributed by atoms with Gasteiger partial charge in [0.2, 0.25) is 10.0 Å². The van der Waals surface area contributed by atoms with Gasteiger partial charge in [0, 0.05) is 35.7 Å². The number of nitrogen functional groups attached to an aromatic ring is 2. The van der Waals surface area contributed by atoms with E-state index in [1.165, 1.54) is 16.9 Å². The van der Waals surface area contributed by atoms with Crippen molar-refractivity contribution in [3.63, 3.8) is 0 Å². The summed E-state index contributed by atoms with van der Waals surface area (Å²) in [6, 6.07) is 18.2. The lowest BCUT2D eigenvalue weighted by Gasteiger charge is -2.29. The van der Waals surface area contributed by atoms with E-state index < -0.39 is 10.0 Å². The number of fused-ring (bicyclic) bond motifs is 2. The normalized spacial score (nSPS) is 15.6. The van der Waals surface area contributed by atoms with Gasteiger partial charge in [0.1, 0.15) is 17.7 Å². The highest BCUT2D eigenvalue weighted by atomic mass is 32.2. The number of aromatic nitrogens is 5. The summed E-state index contributed by atoms with van der Waals surface area (Å²) in [7, 11) is -3.20. The number of sulfonamides is 1. The average molecular weight is 517 g/mol. The van der Waals surface area contributed by atoms with Crippen molar-refractivity contribution in [1.82, 2.24) is 28.7 Å². The zero-order chi connectivity index (χ0) is 25.7. The molecule has 0 spiro atoms. The van der Waals surface area contributed by atoms with Crippen molar-refractivity contribution in [3.05, 3.63) is 72.2 Å². The summed E-state index contributed by atoms with van der Waals surface area (Å²) in [5, 5.41) is 10.2. The monoisotopic (exact) mass is 516 g/mol. The third-order valence-electron chi connectivity index (χ3n) is 7.22. The number of nitrogens with two attached hydrogens (primary N) is 2. The van der Waals surface area contributed by atoms with E-state index in [2.05, 4.69) is 28.3 Å². The van der Waals surface area contributed by atoms with Crippen molar-refractivity contribution in [1.29, 1.82) is 0 Å². The van der Waals surface area contributed by atoms with Crippen molar-refractivity contribution >= 4 is 38.1 Å². The fraction of sp³-hybridized carbons (Fsp3) is 0.269. The van der Waals surface area contributed by atoms with Gasteiger partial charge >= 0.3 is 0 Å². The quantitative estimate of drug-likeness (QED) is 0.366. The Morgan fingerprint density at radius 3 is 2.51 bits per heavy atom. The third-order valence-corrected chi connectivity index (χ3v) is 8.52. The molecule has 0 aliphatic carbocycles. The highest BCUT2D eigenvalue weighted by Gasteiger charge is 2.29. The summed E-state index contributed by atoms with van der Waals surface area (Å²) >= 11 is 0. The summed E-state index contributed by atoms with van der Waals surface area (Å²) < 4.78 is 29.2. The standard InChI is InChI=1S/C26H28N8O2S/c1-37(35,36)32-11-9-18(10-12-32)23-14-21(24-25(27)29-16-30-34(23)24)19-7-8-20-22(13-19)31-33(26(20)28)15-17-5-3-2-4-6-17/h2-8,13-14,16,18H,9-12,15,28H2,1H3,(H2,27,29,30). The molecule has 6 rings (SSSR count). The minimum Gasteiger partial charge on any atom is -0.383 e. The number of hydrogen-bond acceptors (Lipinski definition) is 7. The van der Waals surface area contributed by atoms with Gasteiger partial charge in [-0.1, -0.05) is 36.4 Å². The van der Waals surface area contributed by atoms with Crippen LogP contribution in [0.4, 0.5) is 11.6 Å². The van der Waals surface area contributed by atoms with E-state index in [0.717, 1.165) is 38.8 Å². The lowest BCUT2D eigenvalue weighted by Crippen LogP contribution is -2.37. The first kappa shape index (κ1) is 23.4. The number of benzene rings is 2. The second-order valence-electron chi connectivity index (χ2n) is 9.59. The Kier molecular flexibility index (Phi) is 5.61. The SMILES string of the molecule is CS(=O)(=O)N1CCC(c2cc(-c3ccc4c(N)n(Cc5ccccc5)nc4c3)c3c(N)ncnn23)CC1. The lowest BCUT2D eigenvalue weighted by atomic mass is 9.94. The molecule has 1 saturated heterocycles. The van der Waals surface area contributed by atoms with E-state index in [4.69, 9.17) is 16.6 Å². The van der Waals surface area contributed by atoms with Crippen molar-refractivity contribution in [2.24, 2.45) is 0 Å². The molecule has 190 valence electrons. The molecule has 1 aliphatic rings. The fourth-order valence-electron chi connectivity index (χ4n) is 5.28. The van der Waals surface area contributed by atoms with Crippen LogP contribution in [-0.2, 0) is 16.6 Å². The number of anilines is 2. The molecule has 1 aliphatic heterocycles. The number of piperidine rings is 1. The van der Waals surface area contributed by atoms with Gasteiger partial charge in [-0.3, -0.25) is 0 Å². The van der Waals surface area contributed by atoms with Crippen molar-refractivity contribution in [2.45, 2.75) is 25.3 Å². The Bertz CT molecular complexity index is 1720. The van der Waals surface area contributed by atoms with Gasteiger partial charge in [-0.05, 0) is 42.2 Å². The summed E-state index contributed by atoms with van der Waals surface area (Å²) in [6.45, 7) is 1.55. The van der Waals surface area contributed by atoms with E-state index in [0.29, 0.717) is 44.1 Å². The highest BCUT2D eigenvalue weighted by molar-refractivity contribution is 7.88. The first-order valence-corrected chi connectivity index (χ1v) is 14.0. The minimum atomic E-state index is -3.20. The molecule has 0 amide bonds. The molecule has 0 radical (unpaired) electrons. The number of rotatable bonds is 5. The zero-order valence-corrected chi connectivity index (χ0v) is 21.3. The molecule has 0 bridgehead atoms. The molecule has 1 fully saturated rings. The van der Waals surface area contributed by atoms with E-state index in [-0.39, 0.29) is 5.92 Å². The van der Waals surface area contributed by atoms with Crippen LogP contribution in [0.3, 0.4) is 0 Å². The van der Waals surface area contributed by atoms with Gasteiger partial charge in [0.15, 0.2) is 5.82 Å². The average Bonchev–Trinajstić information content (AvgIpc) is 3.43. The third kappa shape index (κ3) is 4.19. The molecule has 5 aromatic rings. The maximum atomic E-state index is 12.0. The highest BCUT2D eigenvalue weighted by Crippen LogP contribution is 2.38. The van der Waals surface area contributed by atoms with Gasteiger partial charge in [-0.2, -0.15) is 10.2 Å². The van der Waals surface area contributed by atoms with E-state index in [9.17, 15) is 8.42 Å². The van der Waals surface area contributed by atoms with Crippen LogP contribution in [0.1, 0.15) is 30.0 Å². The molecule has 0 unspecified atom stereocenters. The molecule has 2 aromatic carbocycles. The van der Waals surface area contributed by atoms with Crippen molar-refractivity contribution in [2.75, 3.05) is 30.8 Å². The molecule has 4 N–H and O–H groups in total. The molecular formula is C26H28N8O2S. The van der Waals surface area contributed by atoms with Crippen LogP contribution in [0.5, 0.6) is 0 Å². The molecule has 4 heterocycles. The predicted molar refractivity (Wildman–Crippen MR) is 144 cm³/mol. The Labute approximate surface area is 214 Å². The molecule has 10 nitrogen and oxygen atoms in total. The maximum Gasteiger partial charge on any atom is 0.211 e. The lowest BCUT2D eigenvalue weighted by molar-refractivity contribution is 0.317. The van der Waals surface area contributed by atoms with Crippen LogP contribution in [0.2, 0.25) is 0 Å². The Hall–Kier alpha value is -3.96. The Morgan fingerprint density at radius 2 is 1.78 bits per heavy atom. The number of nitrogens with zero attached hydrogens (tertiary/aromatic N) is 6. The summed E-state index contributed by atoms with van der Waals surface area (Å²) in [6.07, 6.45) is 4.14. The van der Waals surface area contributed by atoms with Gasteiger partial charge in [0.05, 0.1) is 18.3 Å². The summed E-state index contributed by atoms with van der Waals surface area (Å²) in [4.78, 5) is 4.24. The van der Waals surface area contributed by atoms with Crippen molar-refractivity contribution in [3.8, 4) is 11.1 Å². The summed E-state index contributed by atoms with van der Waals surface area (Å²) in [5.74, 6) is 1.16. The van der Waals surface area contributed by atoms with Crippen LogP contribution in [0.25, 0.3) is 27.5 Å². The zero-order valence-electron chi connectivity index (χ0n) is 20.4. The molecule has 0 saturated carbocycles. The van der Waals surface area contributed by atoms with Crippen LogP contribution in [-0.4, -0.2) is 56.4 Å². The molecule has 3 aromatic heterocycles. The van der Waals surface area contributed by atoms with Gasteiger partial charge < -0.3 is 11.5 Å². The minimum absolute atomic E-state index is 0.151. The molecule has 11 heteroatoms. The van der Waals surface area contributed by atoms with Gasteiger partial charge in [-0.15, -0.1) is 0 Å². The van der Waals surface area contributed by atoms with Gasteiger partial charge in [0.25, 0.3) is 0 Å². The van der Waals surface area contributed by atoms with E-state index >= 15 is 0 Å². The van der Waals surface area contributed by atoms with Gasteiger partial charge in [-0.25, -0.2) is 26.9 Å². The van der Waals surface area contributed by atoms with Crippen molar-refractivity contribution < 1.29 is 8.42 Å². The maximum absolute atomic E-state index is 12.0. The summed E-state index contributed by atoms with van der Waals surface area (Å²) in [5.41, 5.74) is 18.3. The topological polar surface area (TPSA) is 137 Å². The molecular weight excluding hydrogens is 488 g/mol. The first-order valence-electron chi connectivity index (χ1n) is 12.2. The predicted octanol–water partition coefficient (Wildman–Crippen LogP) is 3.10. The largest absolute Gasteiger partial charge is 0.383 e. The second kappa shape index (κ2) is 8.86. The van der Waals surface area contributed by atoms with Crippen LogP contribution >= 0.6 is 0 Å². The van der Waals surface area contributed by atoms with Crippen LogP contribution < -0.4 is 11.5 Å². The van der Waals surface area contributed by atoms with Crippen LogP contribution in [0.15, 0.2) is 60.9 Å². The Balaban J connectivity index is 1.39. The van der Waals surface area contributed by atoms with E-state index in [1.807, 2.05) is 45.6 Å². The smallest absolute Gasteiger partial charge is 0.211 e. The van der Waals surface area contributed by atoms with Crippen LogP contribution in [0, 0.1) is 0 Å². The van der Waals surface area contributed by atoms with E-state index in [1.54, 1.807) is 0 Å². The number of hydrogen-bond donors (Lipinski definition) is 2. The first-order chi connectivity index (χ1) is 17.8. The second-order valence-corrected chi connectivity index (χ2v) is 11.6. The molecule has 37 heavy (non-hydrogen) atoms. The molecule has 0 atom stereocenters.